The predicted octanol–water partition coefficient (Wildman–Crippen LogP) is 2.89. The SMILES string of the molecule is CC(C)(O)C(C)(C)NCc1cc(Cl)ccc1[N+](=O)[O-]. The highest BCUT2D eigenvalue weighted by molar-refractivity contribution is 6.30. The quantitative estimate of drug-likeness (QED) is 0.645. The topological polar surface area (TPSA) is 75.4 Å². The Morgan fingerprint density at radius 1 is 1.37 bits per heavy atom. The number of nitrogens with zero attached hydrogens (tertiary/aromatic N) is 1. The van der Waals surface area contributed by atoms with E-state index in [9.17, 15) is 15.2 Å². The molecule has 0 saturated carbocycles. The number of hydrogen-bond donors (Lipinski definition) is 2. The highest BCUT2D eigenvalue weighted by Crippen LogP contribution is 2.25. The molecule has 1 aromatic rings. The molecule has 0 heterocycles. The molecule has 0 saturated heterocycles. The van der Waals surface area contributed by atoms with Gasteiger partial charge in [-0.2, -0.15) is 0 Å². The van der Waals surface area contributed by atoms with Crippen LogP contribution in [0, 0.1) is 10.1 Å². The second-order valence-corrected chi connectivity index (χ2v) is 6.00. The lowest BCUT2D eigenvalue weighted by atomic mass is 9.86. The second-order valence-electron chi connectivity index (χ2n) is 5.57. The summed E-state index contributed by atoms with van der Waals surface area (Å²) in [5, 5.41) is 24.5. The number of nitro benzene ring substituents is 1. The van der Waals surface area contributed by atoms with E-state index in [4.69, 9.17) is 11.6 Å². The molecule has 19 heavy (non-hydrogen) atoms. The van der Waals surface area contributed by atoms with Crippen LogP contribution in [0.4, 0.5) is 5.69 Å². The van der Waals surface area contributed by atoms with Gasteiger partial charge in [0.2, 0.25) is 0 Å². The molecule has 0 bridgehead atoms. The number of nitro groups is 1. The lowest BCUT2D eigenvalue weighted by Gasteiger charge is -2.38. The van der Waals surface area contributed by atoms with Crippen molar-refractivity contribution in [3.05, 3.63) is 38.9 Å². The number of benzene rings is 1. The van der Waals surface area contributed by atoms with Crippen molar-refractivity contribution in [2.45, 2.75) is 45.4 Å². The van der Waals surface area contributed by atoms with Crippen molar-refractivity contribution in [1.29, 1.82) is 0 Å². The molecule has 5 nitrogen and oxygen atoms in total. The first-order valence-electron chi connectivity index (χ1n) is 5.95. The molecule has 0 aliphatic carbocycles. The minimum atomic E-state index is -0.958. The molecule has 0 aromatic heterocycles. The number of hydrogen-bond acceptors (Lipinski definition) is 4. The Morgan fingerprint density at radius 2 is 1.95 bits per heavy atom. The van der Waals surface area contributed by atoms with Gasteiger partial charge in [-0.3, -0.25) is 10.1 Å². The van der Waals surface area contributed by atoms with E-state index in [1.54, 1.807) is 19.9 Å². The van der Waals surface area contributed by atoms with E-state index in [-0.39, 0.29) is 12.2 Å². The van der Waals surface area contributed by atoms with Crippen LogP contribution >= 0.6 is 11.6 Å². The zero-order chi connectivity index (χ0) is 14.8. The minimum Gasteiger partial charge on any atom is -0.389 e. The van der Waals surface area contributed by atoms with Gasteiger partial charge in [0.25, 0.3) is 5.69 Å². The van der Waals surface area contributed by atoms with Gasteiger partial charge in [-0.25, -0.2) is 0 Å². The van der Waals surface area contributed by atoms with Crippen molar-refractivity contribution in [1.82, 2.24) is 5.32 Å². The molecule has 0 spiro atoms. The first-order valence-corrected chi connectivity index (χ1v) is 6.32. The lowest BCUT2D eigenvalue weighted by molar-refractivity contribution is -0.385. The van der Waals surface area contributed by atoms with Crippen LogP contribution in [0.15, 0.2) is 18.2 Å². The zero-order valence-electron chi connectivity index (χ0n) is 11.5. The van der Waals surface area contributed by atoms with Crippen LogP contribution < -0.4 is 5.32 Å². The Hall–Kier alpha value is -1.17. The average molecular weight is 287 g/mol. The molecule has 1 aromatic carbocycles. The monoisotopic (exact) mass is 286 g/mol. The summed E-state index contributed by atoms with van der Waals surface area (Å²) in [5.41, 5.74) is -1.04. The van der Waals surface area contributed by atoms with Crippen LogP contribution in [0.1, 0.15) is 33.3 Å². The van der Waals surface area contributed by atoms with E-state index in [0.29, 0.717) is 10.6 Å². The fourth-order valence-electron chi connectivity index (χ4n) is 1.41. The van der Waals surface area contributed by atoms with Gasteiger partial charge in [-0.05, 0) is 39.8 Å². The standard InChI is InChI=1S/C13H19ClN2O3/c1-12(2,13(3,4)17)15-8-9-7-10(14)5-6-11(9)16(18)19/h5-7,15,17H,8H2,1-4H3. The number of aliphatic hydroxyl groups is 1. The number of rotatable bonds is 5. The molecule has 0 amide bonds. The maximum Gasteiger partial charge on any atom is 0.273 e. The molecular formula is C13H19ClN2O3. The first kappa shape index (κ1) is 15.9. The molecular weight excluding hydrogens is 268 g/mol. The summed E-state index contributed by atoms with van der Waals surface area (Å²) in [4.78, 5) is 10.5. The van der Waals surface area contributed by atoms with Gasteiger partial charge in [-0.1, -0.05) is 11.6 Å². The molecule has 1 rings (SSSR count). The summed E-state index contributed by atoms with van der Waals surface area (Å²) in [7, 11) is 0. The smallest absolute Gasteiger partial charge is 0.273 e. The molecule has 0 radical (unpaired) electrons. The average Bonchev–Trinajstić information content (AvgIpc) is 2.24. The Balaban J connectivity index is 2.95. The van der Waals surface area contributed by atoms with E-state index in [1.807, 2.05) is 13.8 Å². The zero-order valence-corrected chi connectivity index (χ0v) is 12.3. The van der Waals surface area contributed by atoms with Gasteiger partial charge < -0.3 is 10.4 Å². The maximum atomic E-state index is 10.9. The van der Waals surface area contributed by atoms with E-state index >= 15 is 0 Å². The normalized spacial score (nSPS) is 12.5. The van der Waals surface area contributed by atoms with Crippen LogP contribution in [-0.4, -0.2) is 21.2 Å². The molecule has 0 fully saturated rings. The van der Waals surface area contributed by atoms with Crippen molar-refractivity contribution in [2.75, 3.05) is 0 Å². The number of halogens is 1. The van der Waals surface area contributed by atoms with Crippen molar-refractivity contribution >= 4 is 17.3 Å². The van der Waals surface area contributed by atoms with Crippen LogP contribution in [0.2, 0.25) is 5.02 Å². The van der Waals surface area contributed by atoms with E-state index < -0.39 is 16.1 Å². The summed E-state index contributed by atoms with van der Waals surface area (Å²) in [6.45, 7) is 7.30. The van der Waals surface area contributed by atoms with E-state index in [2.05, 4.69) is 5.32 Å². The van der Waals surface area contributed by atoms with Crippen LogP contribution in [0.5, 0.6) is 0 Å². The highest BCUT2D eigenvalue weighted by Gasteiger charge is 2.34. The van der Waals surface area contributed by atoms with E-state index in [1.165, 1.54) is 12.1 Å². The minimum absolute atomic E-state index is 0.0171. The molecule has 0 unspecified atom stereocenters. The summed E-state index contributed by atoms with van der Waals surface area (Å²) in [5.74, 6) is 0. The summed E-state index contributed by atoms with van der Waals surface area (Å²) >= 11 is 5.86. The molecule has 6 heteroatoms. The van der Waals surface area contributed by atoms with Crippen molar-refractivity contribution < 1.29 is 10.0 Å². The fraction of sp³-hybridized carbons (Fsp3) is 0.538. The Bertz CT molecular complexity index is 481. The lowest BCUT2D eigenvalue weighted by Crippen LogP contribution is -2.55. The Morgan fingerprint density at radius 3 is 2.42 bits per heavy atom. The van der Waals surface area contributed by atoms with Crippen LogP contribution in [-0.2, 0) is 6.54 Å². The van der Waals surface area contributed by atoms with Gasteiger partial charge >= 0.3 is 0 Å². The summed E-state index contributed by atoms with van der Waals surface area (Å²) in [6.07, 6.45) is 0. The maximum absolute atomic E-state index is 10.9. The van der Waals surface area contributed by atoms with Crippen molar-refractivity contribution in [3.8, 4) is 0 Å². The number of nitrogens with one attached hydrogen (secondary N) is 1. The highest BCUT2D eigenvalue weighted by atomic mass is 35.5. The van der Waals surface area contributed by atoms with Gasteiger partial charge in [0, 0.05) is 28.7 Å². The van der Waals surface area contributed by atoms with Crippen molar-refractivity contribution in [2.24, 2.45) is 0 Å². The fourth-order valence-corrected chi connectivity index (χ4v) is 1.60. The van der Waals surface area contributed by atoms with Gasteiger partial charge in [0.05, 0.1) is 10.5 Å². The summed E-state index contributed by atoms with van der Waals surface area (Å²) < 4.78 is 0. The second kappa shape index (κ2) is 5.45. The molecule has 0 atom stereocenters. The molecule has 106 valence electrons. The largest absolute Gasteiger partial charge is 0.389 e. The summed E-state index contributed by atoms with van der Waals surface area (Å²) in [6, 6.07) is 4.44. The first-order chi connectivity index (χ1) is 8.54. The van der Waals surface area contributed by atoms with Crippen molar-refractivity contribution in [3.63, 3.8) is 0 Å². The van der Waals surface area contributed by atoms with Gasteiger partial charge in [-0.15, -0.1) is 0 Å². The van der Waals surface area contributed by atoms with Gasteiger partial charge in [0.15, 0.2) is 0 Å². The molecule has 2 N–H and O–H groups in total. The van der Waals surface area contributed by atoms with Gasteiger partial charge in [0.1, 0.15) is 0 Å². The molecule has 0 aliphatic heterocycles. The van der Waals surface area contributed by atoms with Crippen LogP contribution in [0.25, 0.3) is 0 Å². The molecule has 0 aliphatic rings. The van der Waals surface area contributed by atoms with E-state index in [0.717, 1.165) is 0 Å². The third-order valence-corrected chi connectivity index (χ3v) is 3.72. The predicted molar refractivity (Wildman–Crippen MR) is 75.3 cm³/mol. The Kier molecular flexibility index (Phi) is 4.55. The van der Waals surface area contributed by atoms with Crippen LogP contribution in [0.3, 0.4) is 0 Å². The third-order valence-electron chi connectivity index (χ3n) is 3.49. The third kappa shape index (κ3) is 3.89. The Labute approximate surface area is 117 Å².